The van der Waals surface area contributed by atoms with Gasteiger partial charge in [0.1, 0.15) is 17.2 Å². The summed E-state index contributed by atoms with van der Waals surface area (Å²) < 4.78 is 21.7. The number of furan rings is 1. The molecule has 0 saturated carbocycles. The van der Waals surface area contributed by atoms with Crippen LogP contribution in [0.4, 0.5) is 4.79 Å². The number of nitrogens with zero attached hydrogens (tertiary/aromatic N) is 1. The van der Waals surface area contributed by atoms with Crippen molar-refractivity contribution in [1.82, 2.24) is 10.2 Å². The molecule has 0 aliphatic carbocycles. The molecule has 12 heteroatoms. The van der Waals surface area contributed by atoms with Crippen LogP contribution in [-0.4, -0.2) is 49.1 Å². The second-order valence-electron chi connectivity index (χ2n) is 6.73. The third-order valence-electron chi connectivity index (χ3n) is 4.48. The van der Waals surface area contributed by atoms with E-state index in [1.54, 1.807) is 25.1 Å². The van der Waals surface area contributed by atoms with Crippen LogP contribution in [0.3, 0.4) is 0 Å². The molecule has 1 aromatic carbocycles. The Hall–Kier alpha value is -2.62. The summed E-state index contributed by atoms with van der Waals surface area (Å²) in [7, 11) is 2.51. The highest BCUT2D eigenvalue weighted by Gasteiger charge is 2.34. The summed E-state index contributed by atoms with van der Waals surface area (Å²) >= 11 is 4.12. The lowest BCUT2D eigenvalue weighted by atomic mass is 10.2. The van der Waals surface area contributed by atoms with Crippen molar-refractivity contribution in [3.05, 3.63) is 54.2 Å². The molecule has 1 fully saturated rings. The van der Waals surface area contributed by atoms with E-state index in [0.29, 0.717) is 18.5 Å². The highest BCUT2D eigenvalue weighted by molar-refractivity contribution is 14.1. The number of carbonyl (C=O) groups is 4. The van der Waals surface area contributed by atoms with Crippen molar-refractivity contribution in [2.75, 3.05) is 14.2 Å². The molecule has 1 aliphatic rings. The van der Waals surface area contributed by atoms with Crippen LogP contribution in [0.1, 0.15) is 28.8 Å². The number of nitrogens with one attached hydrogen (secondary N) is 1. The zero-order valence-corrected chi connectivity index (χ0v) is 22.0. The largest absolute Gasteiger partial charge is 0.477 e. The smallest absolute Gasteiger partial charge is 0.373 e. The SMILES string of the molecule is COC(=O)c1ccc(CN2C(=O)N/C(=C\c3cc(I)c(O[C@@H](C)C(=O)OC)c(I)c3)C2=O)o1. The molecular formula is C21H18I2N2O8. The van der Waals surface area contributed by atoms with Gasteiger partial charge in [-0.25, -0.2) is 14.4 Å². The van der Waals surface area contributed by atoms with Crippen molar-refractivity contribution >= 4 is 75.1 Å². The van der Waals surface area contributed by atoms with Gasteiger partial charge in [0.05, 0.1) is 27.9 Å². The Kier molecular flexibility index (Phi) is 7.99. The summed E-state index contributed by atoms with van der Waals surface area (Å²) in [5, 5.41) is 2.54. The number of imide groups is 1. The molecule has 3 rings (SSSR count). The van der Waals surface area contributed by atoms with Crippen LogP contribution < -0.4 is 10.1 Å². The van der Waals surface area contributed by atoms with Gasteiger partial charge in [-0.2, -0.15) is 0 Å². The highest BCUT2D eigenvalue weighted by Crippen LogP contribution is 2.31. The molecule has 1 atom stereocenters. The number of halogens is 2. The van der Waals surface area contributed by atoms with Crippen molar-refractivity contribution in [2.24, 2.45) is 0 Å². The topological polar surface area (TPSA) is 124 Å². The summed E-state index contributed by atoms with van der Waals surface area (Å²) in [5.74, 6) is -0.951. The Morgan fingerprint density at radius 1 is 1.15 bits per heavy atom. The number of hydrogen-bond acceptors (Lipinski definition) is 8. The van der Waals surface area contributed by atoms with Crippen LogP contribution in [0, 0.1) is 7.14 Å². The summed E-state index contributed by atoms with van der Waals surface area (Å²) in [5.41, 5.74) is 0.737. The number of esters is 2. The molecule has 1 aromatic heterocycles. The van der Waals surface area contributed by atoms with E-state index in [0.717, 1.165) is 4.90 Å². The van der Waals surface area contributed by atoms with Crippen molar-refractivity contribution < 1.29 is 37.8 Å². The highest BCUT2D eigenvalue weighted by atomic mass is 127. The summed E-state index contributed by atoms with van der Waals surface area (Å²) in [6, 6.07) is 5.80. The van der Waals surface area contributed by atoms with Gasteiger partial charge in [0.25, 0.3) is 5.91 Å². The maximum absolute atomic E-state index is 12.8. The van der Waals surface area contributed by atoms with Crippen LogP contribution in [0.25, 0.3) is 6.08 Å². The first-order valence-electron chi connectivity index (χ1n) is 9.39. The zero-order valence-electron chi connectivity index (χ0n) is 17.6. The molecule has 0 spiro atoms. The van der Waals surface area contributed by atoms with E-state index >= 15 is 0 Å². The normalized spacial score (nSPS) is 15.4. The van der Waals surface area contributed by atoms with Gasteiger partial charge in [0.15, 0.2) is 6.10 Å². The molecular weight excluding hydrogens is 662 g/mol. The van der Waals surface area contributed by atoms with Crippen molar-refractivity contribution in [3.63, 3.8) is 0 Å². The molecule has 10 nitrogen and oxygen atoms in total. The Balaban J connectivity index is 1.78. The predicted molar refractivity (Wildman–Crippen MR) is 131 cm³/mol. The number of methoxy groups -OCH3 is 2. The van der Waals surface area contributed by atoms with Crippen LogP contribution in [-0.2, 0) is 25.6 Å². The minimum absolute atomic E-state index is 0.0247. The number of benzene rings is 1. The lowest BCUT2D eigenvalue weighted by Gasteiger charge is -2.16. The maximum Gasteiger partial charge on any atom is 0.373 e. The standard InChI is InChI=1S/C21H18I2N2O8/c1-10(19(27)30-2)32-17-13(22)6-11(7-14(17)23)8-15-18(26)25(21(29)24-15)9-12-4-5-16(33-12)20(28)31-3/h4-8,10H,9H2,1-3H3,(H,24,29)/b15-8-/t10-/m0/s1. The first-order valence-corrected chi connectivity index (χ1v) is 11.6. The number of amides is 3. The van der Waals surface area contributed by atoms with E-state index in [2.05, 4.69) is 60.0 Å². The van der Waals surface area contributed by atoms with Gasteiger partial charge in [-0.15, -0.1) is 0 Å². The van der Waals surface area contributed by atoms with Gasteiger partial charge in [-0.05, 0) is 88.0 Å². The lowest BCUT2D eigenvalue weighted by molar-refractivity contribution is -0.148. The average molecular weight is 680 g/mol. The average Bonchev–Trinajstić information content (AvgIpc) is 3.35. The van der Waals surface area contributed by atoms with Crippen LogP contribution in [0.2, 0.25) is 0 Å². The van der Waals surface area contributed by atoms with Crippen LogP contribution >= 0.6 is 45.2 Å². The number of hydrogen-bond donors (Lipinski definition) is 1. The quantitative estimate of drug-likeness (QED) is 0.205. The fourth-order valence-corrected chi connectivity index (χ4v) is 4.95. The number of rotatable bonds is 7. The molecule has 0 unspecified atom stereocenters. The zero-order chi connectivity index (χ0) is 24.3. The Labute approximate surface area is 215 Å². The molecule has 0 radical (unpaired) electrons. The van der Waals surface area contributed by atoms with Gasteiger partial charge in [0.2, 0.25) is 5.76 Å². The number of urea groups is 1. The molecule has 33 heavy (non-hydrogen) atoms. The fraction of sp³-hybridized carbons (Fsp3) is 0.238. The van der Waals surface area contributed by atoms with Crippen molar-refractivity contribution in [1.29, 1.82) is 0 Å². The third kappa shape index (κ3) is 5.66. The first-order chi connectivity index (χ1) is 15.6. The van der Waals surface area contributed by atoms with E-state index in [-0.39, 0.29) is 23.8 Å². The Bertz CT molecular complexity index is 1130. The van der Waals surface area contributed by atoms with Gasteiger partial charge in [-0.1, -0.05) is 0 Å². The molecule has 1 aliphatic heterocycles. The second-order valence-corrected chi connectivity index (χ2v) is 9.06. The summed E-state index contributed by atoms with van der Waals surface area (Å²) in [4.78, 5) is 49.2. The number of carbonyl (C=O) groups excluding carboxylic acids is 4. The van der Waals surface area contributed by atoms with Gasteiger partial charge in [-0.3, -0.25) is 9.69 Å². The molecule has 0 bridgehead atoms. The monoisotopic (exact) mass is 680 g/mol. The second kappa shape index (κ2) is 10.5. The summed E-state index contributed by atoms with van der Waals surface area (Å²) in [6.07, 6.45) is 0.756. The van der Waals surface area contributed by atoms with E-state index < -0.39 is 30.0 Å². The molecule has 174 valence electrons. The fourth-order valence-electron chi connectivity index (χ4n) is 2.88. The lowest BCUT2D eigenvalue weighted by Crippen LogP contribution is -2.30. The predicted octanol–water partition coefficient (Wildman–Crippen LogP) is 3.31. The maximum atomic E-state index is 12.8. The first kappa shape index (κ1) is 25.0. The summed E-state index contributed by atoms with van der Waals surface area (Å²) in [6.45, 7) is 1.44. The van der Waals surface area contributed by atoms with Crippen LogP contribution in [0.15, 0.2) is 34.4 Å². The molecule has 1 saturated heterocycles. The Morgan fingerprint density at radius 2 is 1.82 bits per heavy atom. The van der Waals surface area contributed by atoms with Crippen molar-refractivity contribution in [3.8, 4) is 5.75 Å². The minimum atomic E-state index is -0.785. The molecule has 2 aromatic rings. The number of ether oxygens (including phenoxy) is 3. The van der Waals surface area contributed by atoms with Gasteiger partial charge >= 0.3 is 18.0 Å². The van der Waals surface area contributed by atoms with E-state index in [1.165, 1.54) is 26.4 Å². The molecule has 1 N–H and O–H groups in total. The van der Waals surface area contributed by atoms with E-state index in [1.807, 2.05) is 0 Å². The molecule has 2 heterocycles. The van der Waals surface area contributed by atoms with Crippen LogP contribution in [0.5, 0.6) is 5.75 Å². The minimum Gasteiger partial charge on any atom is -0.477 e. The Morgan fingerprint density at radius 3 is 2.42 bits per heavy atom. The third-order valence-corrected chi connectivity index (χ3v) is 6.09. The van der Waals surface area contributed by atoms with Gasteiger partial charge in [0, 0.05) is 0 Å². The van der Waals surface area contributed by atoms with Crippen molar-refractivity contribution in [2.45, 2.75) is 19.6 Å². The van der Waals surface area contributed by atoms with E-state index in [9.17, 15) is 19.2 Å². The van der Waals surface area contributed by atoms with E-state index in [4.69, 9.17) is 9.15 Å². The molecule has 3 amide bonds. The van der Waals surface area contributed by atoms with Gasteiger partial charge < -0.3 is 23.9 Å².